The van der Waals surface area contributed by atoms with Crippen LogP contribution in [0.3, 0.4) is 0 Å². The minimum atomic E-state index is -1.57. The van der Waals surface area contributed by atoms with Gasteiger partial charge >= 0.3 is 0 Å². The molecule has 1 saturated carbocycles. The molecule has 4 nitrogen and oxygen atoms in total. The van der Waals surface area contributed by atoms with Crippen LogP contribution in [-0.2, 0) is 0 Å². The third kappa shape index (κ3) is 2.06. The number of benzene rings is 1. The highest BCUT2D eigenvalue weighted by Gasteiger charge is 2.56. The fourth-order valence-electron chi connectivity index (χ4n) is 4.05. The Morgan fingerprint density at radius 1 is 1.09 bits per heavy atom. The Hall–Kier alpha value is -2.90. The monoisotopic (exact) mass is 300 g/mol. The first-order valence-electron chi connectivity index (χ1n) is 7.75. The molecule has 0 unspecified atom stereocenters. The molecule has 1 aromatic rings. The summed E-state index contributed by atoms with van der Waals surface area (Å²) in [5, 5.41) is 37.6. The summed E-state index contributed by atoms with van der Waals surface area (Å²) >= 11 is 0. The Morgan fingerprint density at radius 3 is 2.39 bits per heavy atom. The van der Waals surface area contributed by atoms with E-state index in [0.717, 1.165) is 30.4 Å². The van der Waals surface area contributed by atoms with Crippen molar-refractivity contribution in [2.24, 2.45) is 17.3 Å². The lowest BCUT2D eigenvalue weighted by molar-refractivity contribution is 0.320. The van der Waals surface area contributed by atoms with Crippen molar-refractivity contribution in [1.29, 1.82) is 21.2 Å². The molecule has 4 heteroatoms. The Bertz CT molecular complexity index is 771. The molecule has 0 heterocycles. The molecule has 2 aliphatic carbocycles. The van der Waals surface area contributed by atoms with Crippen molar-refractivity contribution in [2.45, 2.75) is 25.2 Å². The molecule has 1 aromatic carbocycles. The Balaban J connectivity index is 2.26. The van der Waals surface area contributed by atoms with Crippen molar-refractivity contribution in [3.05, 3.63) is 47.5 Å². The van der Waals surface area contributed by atoms with Gasteiger partial charge in [-0.2, -0.15) is 15.8 Å². The Labute approximate surface area is 135 Å². The third-order valence-corrected chi connectivity index (χ3v) is 5.08. The van der Waals surface area contributed by atoms with Gasteiger partial charge in [-0.25, -0.2) is 0 Å². The van der Waals surface area contributed by atoms with Crippen LogP contribution in [0.2, 0.25) is 0 Å². The smallest absolute Gasteiger partial charge is 0.189 e. The average molecular weight is 300 g/mol. The second-order valence-electron chi connectivity index (χ2n) is 6.14. The minimum Gasteiger partial charge on any atom is -0.305 e. The van der Waals surface area contributed by atoms with Crippen molar-refractivity contribution in [2.75, 3.05) is 0 Å². The number of nitrogens with one attached hydrogen (secondary N) is 1. The predicted octanol–water partition coefficient (Wildman–Crippen LogP) is 3.70. The van der Waals surface area contributed by atoms with E-state index in [0.29, 0.717) is 0 Å². The lowest BCUT2D eigenvalue weighted by Gasteiger charge is -2.45. The molecule has 3 atom stereocenters. The van der Waals surface area contributed by atoms with Crippen LogP contribution in [0, 0.1) is 56.7 Å². The standard InChI is InChI=1S/C19H16N4/c20-10-16-14-8-4-5-9-15(14)17(13-6-2-1-3-7-13)19(11-21,12-22)18(16)23/h1-3,6-8,15-17,23H,4-5,9H2/t15-,16-,17+/m1/s1. The topological polar surface area (TPSA) is 95.2 Å². The van der Waals surface area contributed by atoms with Crippen LogP contribution in [0.5, 0.6) is 0 Å². The molecule has 0 amide bonds. The van der Waals surface area contributed by atoms with Crippen LogP contribution in [-0.4, -0.2) is 5.71 Å². The number of fused-ring (bicyclic) bond motifs is 1. The van der Waals surface area contributed by atoms with Crippen LogP contribution in [0.4, 0.5) is 0 Å². The van der Waals surface area contributed by atoms with Gasteiger partial charge in [0.05, 0.1) is 23.9 Å². The zero-order valence-electron chi connectivity index (χ0n) is 12.7. The molecule has 0 spiro atoms. The van der Waals surface area contributed by atoms with Crippen LogP contribution >= 0.6 is 0 Å². The molecule has 1 fully saturated rings. The lowest BCUT2D eigenvalue weighted by atomic mass is 9.53. The van der Waals surface area contributed by atoms with E-state index in [4.69, 9.17) is 5.41 Å². The quantitative estimate of drug-likeness (QED) is 0.801. The second-order valence-corrected chi connectivity index (χ2v) is 6.14. The molecule has 0 aliphatic heterocycles. The van der Waals surface area contributed by atoms with Gasteiger partial charge in [-0.1, -0.05) is 36.4 Å². The summed E-state index contributed by atoms with van der Waals surface area (Å²) in [6.07, 6.45) is 4.77. The van der Waals surface area contributed by atoms with Gasteiger partial charge in [0, 0.05) is 5.92 Å². The zero-order chi connectivity index (χ0) is 16.4. The Kier molecular flexibility index (Phi) is 3.73. The first kappa shape index (κ1) is 15.0. The fourth-order valence-corrected chi connectivity index (χ4v) is 4.05. The van der Waals surface area contributed by atoms with Crippen LogP contribution in [0.1, 0.15) is 30.7 Å². The van der Waals surface area contributed by atoms with Gasteiger partial charge in [0.2, 0.25) is 0 Å². The van der Waals surface area contributed by atoms with E-state index in [9.17, 15) is 15.8 Å². The van der Waals surface area contributed by atoms with Gasteiger partial charge in [-0.15, -0.1) is 0 Å². The summed E-state index contributed by atoms with van der Waals surface area (Å²) < 4.78 is 0. The van der Waals surface area contributed by atoms with Crippen molar-refractivity contribution in [3.8, 4) is 18.2 Å². The maximum atomic E-state index is 9.81. The molecule has 23 heavy (non-hydrogen) atoms. The molecular weight excluding hydrogens is 284 g/mol. The van der Waals surface area contributed by atoms with E-state index in [-0.39, 0.29) is 17.5 Å². The summed E-state index contributed by atoms with van der Waals surface area (Å²) in [7, 11) is 0. The Morgan fingerprint density at radius 2 is 1.78 bits per heavy atom. The van der Waals surface area contributed by atoms with E-state index in [1.807, 2.05) is 36.4 Å². The normalized spacial score (nSPS) is 28.5. The number of rotatable bonds is 1. The zero-order valence-corrected chi connectivity index (χ0v) is 12.7. The van der Waals surface area contributed by atoms with Crippen molar-refractivity contribution < 1.29 is 0 Å². The van der Waals surface area contributed by atoms with Gasteiger partial charge in [0.15, 0.2) is 5.41 Å². The molecule has 0 bridgehead atoms. The van der Waals surface area contributed by atoms with Crippen LogP contribution < -0.4 is 0 Å². The third-order valence-electron chi connectivity index (χ3n) is 5.08. The fraction of sp³-hybridized carbons (Fsp3) is 0.368. The average Bonchev–Trinajstić information content (AvgIpc) is 2.61. The van der Waals surface area contributed by atoms with Crippen molar-refractivity contribution >= 4 is 5.71 Å². The van der Waals surface area contributed by atoms with Gasteiger partial charge < -0.3 is 5.41 Å². The molecular formula is C19H16N4. The molecule has 0 saturated heterocycles. The van der Waals surface area contributed by atoms with E-state index in [1.54, 1.807) is 0 Å². The highest BCUT2D eigenvalue weighted by atomic mass is 14.6. The highest BCUT2D eigenvalue weighted by Crippen LogP contribution is 2.54. The first-order valence-corrected chi connectivity index (χ1v) is 7.75. The second kappa shape index (κ2) is 5.71. The highest BCUT2D eigenvalue weighted by molar-refractivity contribution is 6.00. The SMILES string of the molecule is N#C[C@H]1C(=N)C(C#N)(C#N)[C@@H](c2ccccc2)[C@@H]2CCCC=C12. The molecule has 0 aromatic heterocycles. The largest absolute Gasteiger partial charge is 0.305 e. The van der Waals surface area contributed by atoms with E-state index >= 15 is 0 Å². The van der Waals surface area contributed by atoms with Crippen LogP contribution in [0.25, 0.3) is 0 Å². The number of hydrogen-bond donors (Lipinski definition) is 1. The van der Waals surface area contributed by atoms with E-state index in [1.165, 1.54) is 0 Å². The summed E-state index contributed by atoms with van der Waals surface area (Å²) in [6.45, 7) is 0. The van der Waals surface area contributed by atoms with Crippen molar-refractivity contribution in [1.82, 2.24) is 0 Å². The van der Waals surface area contributed by atoms with E-state index in [2.05, 4.69) is 18.2 Å². The summed E-state index contributed by atoms with van der Waals surface area (Å²) in [5.74, 6) is -1.16. The van der Waals surface area contributed by atoms with Gasteiger partial charge in [0.25, 0.3) is 0 Å². The van der Waals surface area contributed by atoms with E-state index < -0.39 is 11.3 Å². The molecule has 112 valence electrons. The van der Waals surface area contributed by atoms with Gasteiger partial charge in [-0.05, 0) is 36.3 Å². The number of hydrogen-bond acceptors (Lipinski definition) is 4. The number of nitrogens with zero attached hydrogens (tertiary/aromatic N) is 3. The maximum Gasteiger partial charge on any atom is 0.189 e. The summed E-state index contributed by atoms with van der Waals surface area (Å²) in [6, 6.07) is 15.9. The lowest BCUT2D eigenvalue weighted by Crippen LogP contribution is -2.48. The molecule has 1 N–H and O–H groups in total. The summed E-state index contributed by atoms with van der Waals surface area (Å²) in [4.78, 5) is 0. The maximum absolute atomic E-state index is 9.81. The molecule has 3 rings (SSSR count). The predicted molar refractivity (Wildman–Crippen MR) is 85.1 cm³/mol. The number of allylic oxidation sites excluding steroid dienone is 2. The van der Waals surface area contributed by atoms with Gasteiger partial charge in [-0.3, -0.25) is 0 Å². The molecule has 2 aliphatic rings. The number of nitriles is 3. The first-order chi connectivity index (χ1) is 11.2. The molecule has 0 radical (unpaired) electrons. The summed E-state index contributed by atoms with van der Waals surface area (Å²) in [5.41, 5.74) is 0.192. The van der Waals surface area contributed by atoms with Crippen molar-refractivity contribution in [3.63, 3.8) is 0 Å². The minimum absolute atomic E-state index is 0.0239. The van der Waals surface area contributed by atoms with Gasteiger partial charge in [0.1, 0.15) is 5.92 Å². The van der Waals surface area contributed by atoms with Crippen LogP contribution in [0.15, 0.2) is 42.0 Å².